The molecule has 1 aliphatic heterocycles. The van der Waals surface area contributed by atoms with Crippen molar-refractivity contribution < 1.29 is 28.5 Å². The molecule has 36 heavy (non-hydrogen) atoms. The van der Waals surface area contributed by atoms with Crippen molar-refractivity contribution in [3.63, 3.8) is 0 Å². The van der Waals surface area contributed by atoms with E-state index in [2.05, 4.69) is 5.32 Å². The number of ether oxygens (including phenoxy) is 4. The van der Waals surface area contributed by atoms with Gasteiger partial charge in [0.2, 0.25) is 5.88 Å². The Morgan fingerprint density at radius 2 is 1.92 bits per heavy atom. The van der Waals surface area contributed by atoms with Gasteiger partial charge in [0, 0.05) is 5.69 Å². The second-order valence-corrected chi connectivity index (χ2v) is 8.31. The summed E-state index contributed by atoms with van der Waals surface area (Å²) in [4.78, 5) is 25.0. The van der Waals surface area contributed by atoms with Crippen molar-refractivity contribution in [1.82, 2.24) is 0 Å². The van der Waals surface area contributed by atoms with Crippen molar-refractivity contribution in [2.45, 2.75) is 19.8 Å². The average Bonchev–Trinajstić information content (AvgIpc) is 2.84. The third kappa shape index (κ3) is 5.85. The number of carbonyl (C=O) groups excluding carboxylic acids is 2. The summed E-state index contributed by atoms with van der Waals surface area (Å²) >= 11 is 11.9. The third-order valence-electron chi connectivity index (χ3n) is 5.18. The number of hydrogen-bond acceptors (Lipinski definition) is 8. The van der Waals surface area contributed by atoms with Gasteiger partial charge in [-0.3, -0.25) is 4.79 Å². The topological polar surface area (TPSA) is 133 Å². The largest absolute Gasteiger partial charge is 0.493 e. The molecule has 1 aliphatic rings. The molecule has 9 nitrogen and oxygen atoms in total. The third-order valence-corrected chi connectivity index (χ3v) is 5.92. The van der Waals surface area contributed by atoms with Gasteiger partial charge in [0.25, 0.3) is 5.91 Å². The summed E-state index contributed by atoms with van der Waals surface area (Å²) in [6.07, 6.45) is 0. The van der Waals surface area contributed by atoms with Crippen LogP contribution < -0.4 is 20.5 Å². The van der Waals surface area contributed by atoms with Gasteiger partial charge in [-0.05, 0) is 49.7 Å². The molecule has 11 heteroatoms. The molecule has 1 atom stereocenters. The SMILES string of the molecule is CCOC(=O)C1=C(C)OC(N)=C(C#N)C1c1ccc(OCC(=O)Nc2ccc(Cl)c(Cl)c2)c(OC)c1. The van der Waals surface area contributed by atoms with Gasteiger partial charge in [-0.15, -0.1) is 0 Å². The number of amides is 1. The molecule has 0 saturated carbocycles. The molecular formula is C25H23Cl2N3O6. The van der Waals surface area contributed by atoms with E-state index in [0.717, 1.165) is 0 Å². The standard InChI is InChI=1S/C25H23Cl2N3O6/c1-4-34-25(32)22-13(2)36-24(29)16(11-28)23(22)14-5-8-19(20(9-14)33-3)35-12-21(31)30-15-6-7-17(26)18(27)10-15/h5-10,23H,4,12,29H2,1-3H3,(H,30,31). The van der Waals surface area contributed by atoms with E-state index in [1.54, 1.807) is 44.2 Å². The zero-order valence-corrected chi connectivity index (χ0v) is 21.2. The predicted molar refractivity (Wildman–Crippen MR) is 134 cm³/mol. The number of carbonyl (C=O) groups is 2. The first-order chi connectivity index (χ1) is 17.2. The van der Waals surface area contributed by atoms with E-state index in [0.29, 0.717) is 21.3 Å². The van der Waals surface area contributed by atoms with Gasteiger partial charge >= 0.3 is 5.97 Å². The van der Waals surface area contributed by atoms with Crippen LogP contribution in [0.4, 0.5) is 5.69 Å². The van der Waals surface area contributed by atoms with E-state index in [1.807, 2.05) is 6.07 Å². The first-order valence-electron chi connectivity index (χ1n) is 10.7. The van der Waals surface area contributed by atoms with E-state index in [9.17, 15) is 14.9 Å². The number of nitrogens with two attached hydrogens (primary N) is 1. The molecule has 3 rings (SSSR count). The molecule has 2 aromatic carbocycles. The van der Waals surface area contributed by atoms with Crippen LogP contribution in [0, 0.1) is 11.3 Å². The van der Waals surface area contributed by atoms with Crippen molar-refractivity contribution in [2.75, 3.05) is 25.6 Å². The highest BCUT2D eigenvalue weighted by Crippen LogP contribution is 2.42. The normalized spacial score (nSPS) is 15.1. The molecule has 2 aromatic rings. The minimum Gasteiger partial charge on any atom is -0.493 e. The number of anilines is 1. The number of rotatable bonds is 8. The smallest absolute Gasteiger partial charge is 0.338 e. The Bertz CT molecular complexity index is 1300. The second-order valence-electron chi connectivity index (χ2n) is 7.49. The molecule has 3 N–H and O–H groups in total. The van der Waals surface area contributed by atoms with Crippen LogP contribution in [0.1, 0.15) is 25.3 Å². The summed E-state index contributed by atoms with van der Waals surface area (Å²) < 4.78 is 21.7. The van der Waals surface area contributed by atoms with Crippen LogP contribution in [-0.2, 0) is 19.1 Å². The van der Waals surface area contributed by atoms with Gasteiger partial charge < -0.3 is 30.0 Å². The molecule has 1 heterocycles. The number of esters is 1. The Hall–Kier alpha value is -3.87. The molecule has 0 spiro atoms. The van der Waals surface area contributed by atoms with Crippen molar-refractivity contribution in [1.29, 1.82) is 5.26 Å². The van der Waals surface area contributed by atoms with E-state index in [-0.39, 0.29) is 47.5 Å². The first kappa shape index (κ1) is 26.7. The summed E-state index contributed by atoms with van der Waals surface area (Å²) in [5, 5.41) is 13.1. The quantitative estimate of drug-likeness (QED) is 0.469. The first-order valence-corrected chi connectivity index (χ1v) is 11.5. The number of hydrogen-bond donors (Lipinski definition) is 2. The van der Waals surface area contributed by atoms with Crippen molar-refractivity contribution in [3.8, 4) is 17.6 Å². The minimum absolute atomic E-state index is 0.0559. The van der Waals surface area contributed by atoms with Gasteiger partial charge in [-0.25, -0.2) is 4.79 Å². The zero-order chi connectivity index (χ0) is 26.4. The zero-order valence-electron chi connectivity index (χ0n) is 19.7. The fourth-order valence-corrected chi connectivity index (χ4v) is 3.88. The summed E-state index contributed by atoms with van der Waals surface area (Å²) in [6.45, 7) is 3.07. The van der Waals surface area contributed by atoms with Crippen LogP contribution in [0.5, 0.6) is 11.5 Å². The van der Waals surface area contributed by atoms with E-state index in [4.69, 9.17) is 47.9 Å². The maximum absolute atomic E-state index is 12.7. The molecule has 0 aliphatic carbocycles. The number of nitriles is 1. The van der Waals surface area contributed by atoms with Crippen molar-refractivity contribution in [2.24, 2.45) is 5.73 Å². The molecule has 0 saturated heterocycles. The molecule has 0 fully saturated rings. The molecule has 1 unspecified atom stereocenters. The van der Waals surface area contributed by atoms with Crippen LogP contribution >= 0.6 is 23.2 Å². The maximum Gasteiger partial charge on any atom is 0.338 e. The van der Waals surface area contributed by atoms with Crippen LogP contribution in [-0.4, -0.2) is 32.2 Å². The summed E-state index contributed by atoms with van der Waals surface area (Å²) in [5.41, 5.74) is 7.13. The van der Waals surface area contributed by atoms with Gasteiger partial charge in [0.05, 0.1) is 35.3 Å². The van der Waals surface area contributed by atoms with Crippen LogP contribution in [0.3, 0.4) is 0 Å². The molecule has 0 radical (unpaired) electrons. The van der Waals surface area contributed by atoms with Gasteiger partial charge in [0.1, 0.15) is 17.4 Å². The number of methoxy groups -OCH3 is 1. The van der Waals surface area contributed by atoms with Gasteiger partial charge in [-0.2, -0.15) is 5.26 Å². The monoisotopic (exact) mass is 531 g/mol. The van der Waals surface area contributed by atoms with Crippen molar-refractivity contribution >= 4 is 40.8 Å². The van der Waals surface area contributed by atoms with Crippen molar-refractivity contribution in [3.05, 3.63) is 74.8 Å². The summed E-state index contributed by atoms with van der Waals surface area (Å²) in [6, 6.07) is 11.5. The maximum atomic E-state index is 12.7. The number of halogens is 2. The highest BCUT2D eigenvalue weighted by Gasteiger charge is 2.36. The Morgan fingerprint density at radius 3 is 2.56 bits per heavy atom. The lowest BCUT2D eigenvalue weighted by Crippen LogP contribution is -2.25. The number of nitrogens with one attached hydrogen (secondary N) is 1. The number of nitrogens with zero attached hydrogens (tertiary/aromatic N) is 1. The second kappa shape index (κ2) is 11.7. The lowest BCUT2D eigenvalue weighted by atomic mass is 9.83. The Morgan fingerprint density at radius 1 is 1.17 bits per heavy atom. The van der Waals surface area contributed by atoms with Crippen LogP contribution in [0.15, 0.2) is 59.2 Å². The van der Waals surface area contributed by atoms with Gasteiger partial charge in [-0.1, -0.05) is 29.3 Å². The Labute approximate surface area is 218 Å². The van der Waals surface area contributed by atoms with Gasteiger partial charge in [0.15, 0.2) is 18.1 Å². The Balaban J connectivity index is 1.85. The van der Waals surface area contributed by atoms with Crippen LogP contribution in [0.2, 0.25) is 10.0 Å². The highest BCUT2D eigenvalue weighted by molar-refractivity contribution is 6.42. The lowest BCUT2D eigenvalue weighted by molar-refractivity contribution is -0.139. The highest BCUT2D eigenvalue weighted by atomic mass is 35.5. The molecular weight excluding hydrogens is 509 g/mol. The summed E-state index contributed by atoms with van der Waals surface area (Å²) in [5.74, 6) is -1.24. The predicted octanol–water partition coefficient (Wildman–Crippen LogP) is 4.66. The van der Waals surface area contributed by atoms with Crippen LogP contribution in [0.25, 0.3) is 0 Å². The van der Waals surface area contributed by atoms with E-state index in [1.165, 1.54) is 13.2 Å². The summed E-state index contributed by atoms with van der Waals surface area (Å²) in [7, 11) is 1.43. The van der Waals surface area contributed by atoms with E-state index >= 15 is 0 Å². The molecule has 0 aromatic heterocycles. The fourth-order valence-electron chi connectivity index (χ4n) is 3.59. The molecule has 0 bridgehead atoms. The molecule has 1 amide bonds. The fraction of sp³-hybridized carbons (Fsp3) is 0.240. The number of allylic oxidation sites excluding steroid dienone is 2. The Kier molecular flexibility index (Phi) is 8.69. The average molecular weight is 532 g/mol. The van der Waals surface area contributed by atoms with E-state index < -0.39 is 17.8 Å². The lowest BCUT2D eigenvalue weighted by Gasteiger charge is -2.27. The number of benzene rings is 2. The molecule has 188 valence electrons. The minimum atomic E-state index is -0.844.